The highest BCUT2D eigenvalue weighted by Gasteiger charge is 2.21. The molecule has 110 valence electrons. The highest BCUT2D eigenvalue weighted by molar-refractivity contribution is 7.09. The quantitative estimate of drug-likeness (QED) is 0.944. The number of hydrogen-bond donors (Lipinski definition) is 1. The summed E-state index contributed by atoms with van der Waals surface area (Å²) in [7, 11) is 0. The molecule has 1 N–H and O–H groups in total. The first-order valence-electron chi connectivity index (χ1n) is 7.27. The zero-order valence-corrected chi connectivity index (χ0v) is 12.7. The van der Waals surface area contributed by atoms with Gasteiger partial charge in [0.15, 0.2) is 0 Å². The molecule has 5 heteroatoms. The second-order valence-corrected chi connectivity index (χ2v) is 6.33. The zero-order valence-electron chi connectivity index (χ0n) is 11.9. The second kappa shape index (κ2) is 6.83. The van der Waals surface area contributed by atoms with Crippen LogP contribution in [0.1, 0.15) is 28.1 Å². The summed E-state index contributed by atoms with van der Waals surface area (Å²) in [4.78, 5) is 20.0. The standard InChI is InChI=1S/C16H19N3OS/c20-16(13-4-2-1-3-5-13)18-14-6-8-19(9-7-14)11-15-10-17-12-21-15/h1-5,10,12,14H,6-9,11H2,(H,18,20). The molecule has 1 fully saturated rings. The molecule has 0 unspecified atom stereocenters. The molecule has 0 saturated carbocycles. The van der Waals surface area contributed by atoms with Gasteiger partial charge in [0.05, 0.1) is 5.51 Å². The molecule has 0 bridgehead atoms. The molecule has 1 aliphatic rings. The number of piperidine rings is 1. The van der Waals surface area contributed by atoms with Gasteiger partial charge in [-0.1, -0.05) is 18.2 Å². The van der Waals surface area contributed by atoms with Crippen LogP contribution in [0.3, 0.4) is 0 Å². The van der Waals surface area contributed by atoms with Crippen molar-refractivity contribution in [1.82, 2.24) is 15.2 Å². The Morgan fingerprint density at radius 1 is 1.29 bits per heavy atom. The van der Waals surface area contributed by atoms with Crippen molar-refractivity contribution in [2.75, 3.05) is 13.1 Å². The van der Waals surface area contributed by atoms with Crippen LogP contribution < -0.4 is 5.32 Å². The lowest BCUT2D eigenvalue weighted by Crippen LogP contribution is -2.44. The number of carbonyl (C=O) groups excluding carboxylic acids is 1. The lowest BCUT2D eigenvalue weighted by atomic mass is 10.0. The summed E-state index contributed by atoms with van der Waals surface area (Å²) in [6.07, 6.45) is 3.96. The highest BCUT2D eigenvalue weighted by atomic mass is 32.1. The first-order valence-corrected chi connectivity index (χ1v) is 8.15. The van der Waals surface area contributed by atoms with E-state index in [1.54, 1.807) is 11.3 Å². The van der Waals surface area contributed by atoms with Gasteiger partial charge in [0.1, 0.15) is 0 Å². The fourth-order valence-corrected chi connectivity index (χ4v) is 3.27. The fourth-order valence-electron chi connectivity index (χ4n) is 2.63. The van der Waals surface area contributed by atoms with E-state index in [-0.39, 0.29) is 11.9 Å². The van der Waals surface area contributed by atoms with Gasteiger partial charge in [-0.25, -0.2) is 0 Å². The summed E-state index contributed by atoms with van der Waals surface area (Å²) in [5.74, 6) is 0.0384. The van der Waals surface area contributed by atoms with E-state index in [2.05, 4.69) is 15.2 Å². The molecule has 1 aliphatic heterocycles. The van der Waals surface area contributed by atoms with E-state index >= 15 is 0 Å². The average Bonchev–Trinajstić information content (AvgIpc) is 3.03. The van der Waals surface area contributed by atoms with Crippen molar-refractivity contribution in [1.29, 1.82) is 0 Å². The van der Waals surface area contributed by atoms with Gasteiger partial charge in [-0.3, -0.25) is 14.7 Å². The van der Waals surface area contributed by atoms with E-state index in [9.17, 15) is 4.79 Å². The summed E-state index contributed by atoms with van der Waals surface area (Å²) < 4.78 is 0. The van der Waals surface area contributed by atoms with E-state index < -0.39 is 0 Å². The highest BCUT2D eigenvalue weighted by Crippen LogP contribution is 2.16. The number of thiazole rings is 1. The molecule has 1 amide bonds. The Morgan fingerprint density at radius 3 is 2.71 bits per heavy atom. The van der Waals surface area contributed by atoms with Gasteiger partial charge < -0.3 is 5.32 Å². The molecular formula is C16H19N3OS. The Labute approximate surface area is 128 Å². The van der Waals surface area contributed by atoms with Crippen LogP contribution in [0.4, 0.5) is 0 Å². The number of amides is 1. The number of aromatic nitrogens is 1. The number of nitrogens with one attached hydrogen (secondary N) is 1. The summed E-state index contributed by atoms with van der Waals surface area (Å²) in [5.41, 5.74) is 2.62. The van der Waals surface area contributed by atoms with Crippen molar-refractivity contribution in [3.8, 4) is 0 Å². The number of nitrogens with zero attached hydrogens (tertiary/aromatic N) is 2. The molecule has 1 aromatic carbocycles. The first-order chi connectivity index (χ1) is 10.3. The van der Waals surface area contributed by atoms with Crippen molar-refractivity contribution in [2.24, 2.45) is 0 Å². The molecule has 21 heavy (non-hydrogen) atoms. The van der Waals surface area contributed by atoms with Crippen molar-refractivity contribution in [3.05, 3.63) is 52.5 Å². The molecule has 4 nitrogen and oxygen atoms in total. The van der Waals surface area contributed by atoms with Gasteiger partial charge in [0.25, 0.3) is 5.91 Å². The predicted octanol–water partition coefficient (Wildman–Crippen LogP) is 2.54. The Hall–Kier alpha value is -1.72. The third kappa shape index (κ3) is 3.89. The average molecular weight is 301 g/mol. The third-order valence-electron chi connectivity index (χ3n) is 3.82. The summed E-state index contributed by atoms with van der Waals surface area (Å²) in [6, 6.07) is 9.71. The molecule has 0 aliphatic carbocycles. The smallest absolute Gasteiger partial charge is 0.251 e. The van der Waals surface area contributed by atoms with Crippen LogP contribution in [-0.2, 0) is 6.54 Å². The Kier molecular flexibility index (Phi) is 4.62. The predicted molar refractivity (Wildman–Crippen MR) is 84.3 cm³/mol. The number of carbonyl (C=O) groups is 1. The van der Waals surface area contributed by atoms with Gasteiger partial charge in [0, 0.05) is 42.3 Å². The minimum Gasteiger partial charge on any atom is -0.349 e. The number of benzene rings is 1. The van der Waals surface area contributed by atoms with Gasteiger partial charge >= 0.3 is 0 Å². The van der Waals surface area contributed by atoms with Gasteiger partial charge in [-0.05, 0) is 25.0 Å². The maximum absolute atomic E-state index is 12.1. The largest absolute Gasteiger partial charge is 0.349 e. The molecular weight excluding hydrogens is 282 g/mol. The van der Waals surface area contributed by atoms with Crippen LogP contribution in [0.25, 0.3) is 0 Å². The molecule has 3 rings (SSSR count). The van der Waals surface area contributed by atoms with Crippen molar-refractivity contribution in [2.45, 2.75) is 25.4 Å². The minimum atomic E-state index is 0.0384. The zero-order chi connectivity index (χ0) is 14.5. The van der Waals surface area contributed by atoms with Crippen LogP contribution >= 0.6 is 11.3 Å². The Morgan fingerprint density at radius 2 is 2.05 bits per heavy atom. The molecule has 0 atom stereocenters. The number of likely N-dealkylation sites (tertiary alicyclic amines) is 1. The van der Waals surface area contributed by atoms with Crippen molar-refractivity contribution >= 4 is 17.2 Å². The molecule has 2 aromatic rings. The third-order valence-corrected chi connectivity index (χ3v) is 4.59. The maximum Gasteiger partial charge on any atom is 0.251 e. The monoisotopic (exact) mass is 301 g/mol. The SMILES string of the molecule is O=C(NC1CCN(Cc2cncs2)CC1)c1ccccc1. The van der Waals surface area contributed by atoms with E-state index in [4.69, 9.17) is 0 Å². The van der Waals surface area contributed by atoms with Crippen LogP contribution in [-0.4, -0.2) is 34.9 Å². The minimum absolute atomic E-state index is 0.0384. The topological polar surface area (TPSA) is 45.2 Å². The Bertz CT molecular complexity index is 562. The molecule has 1 aromatic heterocycles. The van der Waals surface area contributed by atoms with Crippen LogP contribution in [0.2, 0.25) is 0 Å². The van der Waals surface area contributed by atoms with E-state index in [0.717, 1.165) is 38.0 Å². The molecule has 2 heterocycles. The van der Waals surface area contributed by atoms with E-state index in [0.29, 0.717) is 0 Å². The van der Waals surface area contributed by atoms with Crippen LogP contribution in [0.15, 0.2) is 42.0 Å². The lowest BCUT2D eigenvalue weighted by Gasteiger charge is -2.31. The summed E-state index contributed by atoms with van der Waals surface area (Å²) in [5, 5.41) is 3.14. The number of hydrogen-bond acceptors (Lipinski definition) is 4. The van der Waals surface area contributed by atoms with Crippen molar-refractivity contribution in [3.63, 3.8) is 0 Å². The van der Waals surface area contributed by atoms with Gasteiger partial charge in [0.2, 0.25) is 0 Å². The molecule has 0 spiro atoms. The lowest BCUT2D eigenvalue weighted by molar-refractivity contribution is 0.0909. The molecule has 1 saturated heterocycles. The maximum atomic E-state index is 12.1. The Balaban J connectivity index is 1.46. The van der Waals surface area contributed by atoms with E-state index in [1.165, 1.54) is 4.88 Å². The molecule has 0 radical (unpaired) electrons. The van der Waals surface area contributed by atoms with E-state index in [1.807, 2.05) is 42.0 Å². The second-order valence-electron chi connectivity index (χ2n) is 5.36. The first kappa shape index (κ1) is 14.2. The van der Waals surface area contributed by atoms with Crippen LogP contribution in [0, 0.1) is 0 Å². The number of rotatable bonds is 4. The van der Waals surface area contributed by atoms with Gasteiger partial charge in [-0.2, -0.15) is 0 Å². The van der Waals surface area contributed by atoms with Crippen LogP contribution in [0.5, 0.6) is 0 Å². The van der Waals surface area contributed by atoms with Gasteiger partial charge in [-0.15, -0.1) is 11.3 Å². The normalized spacial score (nSPS) is 16.8. The summed E-state index contributed by atoms with van der Waals surface area (Å²) in [6.45, 7) is 3.03. The fraction of sp³-hybridized carbons (Fsp3) is 0.375. The van der Waals surface area contributed by atoms with Crippen molar-refractivity contribution < 1.29 is 4.79 Å². The summed E-state index contributed by atoms with van der Waals surface area (Å²) >= 11 is 1.70.